The molecule has 0 spiro atoms. The van der Waals surface area contributed by atoms with Crippen molar-refractivity contribution in [3.05, 3.63) is 35.8 Å². The molecule has 54 heavy (non-hydrogen) atoms. The third-order valence-electron chi connectivity index (χ3n) is 13.1. The van der Waals surface area contributed by atoms with Gasteiger partial charge in [-0.3, -0.25) is 14.4 Å². The first-order valence-corrected chi connectivity index (χ1v) is 18.9. The molecule has 0 amide bonds. The van der Waals surface area contributed by atoms with E-state index >= 15 is 0 Å². The molecular formula is C40H56O14. The maximum absolute atomic E-state index is 13.7. The summed E-state index contributed by atoms with van der Waals surface area (Å²) in [6, 6.07) is 1.87. The van der Waals surface area contributed by atoms with Crippen LogP contribution in [0.4, 0.5) is 0 Å². The molecule has 1 aromatic rings. The number of esters is 5. The van der Waals surface area contributed by atoms with E-state index in [4.69, 9.17) is 28.1 Å². The van der Waals surface area contributed by atoms with E-state index in [0.717, 1.165) is 11.1 Å². The second-order valence-corrected chi connectivity index (χ2v) is 16.9. The van der Waals surface area contributed by atoms with Gasteiger partial charge in [-0.1, -0.05) is 46.3 Å². The average Bonchev–Trinajstić information content (AvgIpc) is 3.73. The topological polar surface area (TPSA) is 205 Å². The van der Waals surface area contributed by atoms with Gasteiger partial charge in [-0.05, 0) is 63.0 Å². The monoisotopic (exact) mass is 760 g/mol. The molecule has 1 saturated heterocycles. The number of aliphatic hydroxyl groups excluding tert-OH is 2. The summed E-state index contributed by atoms with van der Waals surface area (Å²) in [6.07, 6.45) is -0.324. The largest absolute Gasteiger partial charge is 0.472 e. The van der Waals surface area contributed by atoms with Crippen molar-refractivity contribution >= 4 is 29.8 Å². The lowest BCUT2D eigenvalue weighted by molar-refractivity contribution is -0.228. The van der Waals surface area contributed by atoms with E-state index in [1.165, 1.54) is 20.8 Å². The lowest BCUT2D eigenvalue weighted by Crippen LogP contribution is -2.66. The minimum Gasteiger partial charge on any atom is -0.472 e. The molecule has 1 aromatic heterocycles. The summed E-state index contributed by atoms with van der Waals surface area (Å²) in [5, 5.41) is 32.1. The summed E-state index contributed by atoms with van der Waals surface area (Å²) >= 11 is 0. The smallest absolute Gasteiger partial charge is 0.338 e. The highest BCUT2D eigenvalue weighted by atomic mass is 16.6. The van der Waals surface area contributed by atoms with Crippen molar-refractivity contribution in [2.75, 3.05) is 6.61 Å². The molecule has 300 valence electrons. The molecule has 4 aliphatic rings. The Kier molecular flexibility index (Phi) is 11.6. The molecule has 13 atom stereocenters. The second kappa shape index (κ2) is 15.1. The minimum atomic E-state index is -1.91. The van der Waals surface area contributed by atoms with Crippen LogP contribution in [0.1, 0.15) is 106 Å². The van der Waals surface area contributed by atoms with Crippen LogP contribution in [0.15, 0.2) is 34.7 Å². The van der Waals surface area contributed by atoms with E-state index in [-0.39, 0.29) is 31.6 Å². The molecule has 14 heteroatoms. The Morgan fingerprint density at radius 2 is 1.65 bits per heavy atom. The van der Waals surface area contributed by atoms with Gasteiger partial charge < -0.3 is 43.4 Å². The fourth-order valence-electron chi connectivity index (χ4n) is 9.94. The standard InChI is InChI=1S/C40H56O14/c1-10-37(6,48)34(45)36(47)50-19-38(7)28-16-27(53-35(46)33(44)20(2)3)32-25-12-11-24(23-13-14-49-18-23)39(25,8)29(51-21(4)41)15-26(32)40(28,9)30(52-22(5)42)17-31(43)54-38/h12-14,18,20,24,26-30,32-34,44-45,48H,10-11,15-17,19H2,1-9H3/t24-,26-,27+,28-,29-,30-,32-,33?,34?,37?,38+,39-,40+/m0/s1. The summed E-state index contributed by atoms with van der Waals surface area (Å²) in [7, 11) is 0. The van der Waals surface area contributed by atoms with Crippen LogP contribution in [0.3, 0.4) is 0 Å². The first-order valence-electron chi connectivity index (χ1n) is 18.9. The van der Waals surface area contributed by atoms with Crippen LogP contribution in [0.2, 0.25) is 0 Å². The number of furan rings is 1. The molecule has 3 fully saturated rings. The lowest BCUT2D eigenvalue weighted by atomic mass is 9.44. The highest BCUT2D eigenvalue weighted by Gasteiger charge is 2.70. The van der Waals surface area contributed by atoms with Gasteiger partial charge >= 0.3 is 29.8 Å². The summed E-state index contributed by atoms with van der Waals surface area (Å²) in [5.41, 5.74) is -3.67. The number of hydrogen-bond donors (Lipinski definition) is 3. The highest BCUT2D eigenvalue weighted by Crippen LogP contribution is 2.69. The van der Waals surface area contributed by atoms with E-state index in [0.29, 0.717) is 6.42 Å². The molecular weight excluding hydrogens is 704 g/mol. The van der Waals surface area contributed by atoms with Crippen LogP contribution in [0, 0.1) is 34.5 Å². The average molecular weight is 761 g/mol. The van der Waals surface area contributed by atoms with Gasteiger partial charge in [0.15, 0.2) is 12.2 Å². The number of carbonyl (C=O) groups is 5. The Morgan fingerprint density at radius 1 is 1.00 bits per heavy atom. The molecule has 0 bridgehead atoms. The Morgan fingerprint density at radius 3 is 2.22 bits per heavy atom. The van der Waals surface area contributed by atoms with Crippen LogP contribution in [-0.4, -0.2) is 93.5 Å². The van der Waals surface area contributed by atoms with Gasteiger partial charge in [0.1, 0.15) is 30.5 Å². The maximum atomic E-state index is 13.7. The molecule has 3 N–H and O–H groups in total. The highest BCUT2D eigenvalue weighted by molar-refractivity contribution is 5.76. The van der Waals surface area contributed by atoms with Crippen molar-refractivity contribution in [3.63, 3.8) is 0 Å². The molecule has 1 aliphatic heterocycles. The Bertz CT molecular complexity index is 1630. The predicted molar refractivity (Wildman–Crippen MR) is 189 cm³/mol. The molecule has 3 unspecified atom stereocenters. The van der Waals surface area contributed by atoms with Crippen LogP contribution in [0.25, 0.3) is 0 Å². The first kappa shape index (κ1) is 41.4. The molecule has 0 radical (unpaired) electrons. The zero-order valence-electron chi connectivity index (χ0n) is 32.7. The van der Waals surface area contributed by atoms with E-state index < -0.39 is 113 Å². The number of allylic oxidation sites excluding steroid dienone is 1. The third kappa shape index (κ3) is 7.21. The molecule has 14 nitrogen and oxygen atoms in total. The van der Waals surface area contributed by atoms with Crippen LogP contribution in [-0.2, 0) is 47.7 Å². The number of hydrogen-bond acceptors (Lipinski definition) is 14. The van der Waals surface area contributed by atoms with Gasteiger partial charge in [0.2, 0.25) is 0 Å². The number of rotatable bonds is 11. The van der Waals surface area contributed by atoms with Gasteiger partial charge in [-0.2, -0.15) is 0 Å². The van der Waals surface area contributed by atoms with E-state index in [9.17, 15) is 39.3 Å². The minimum absolute atomic E-state index is 0.0184. The van der Waals surface area contributed by atoms with Gasteiger partial charge in [-0.25, -0.2) is 9.59 Å². The van der Waals surface area contributed by atoms with Crippen LogP contribution < -0.4 is 0 Å². The molecule has 5 rings (SSSR count). The van der Waals surface area contributed by atoms with Crippen LogP contribution in [0.5, 0.6) is 0 Å². The maximum Gasteiger partial charge on any atom is 0.338 e. The van der Waals surface area contributed by atoms with Crippen molar-refractivity contribution in [1.29, 1.82) is 0 Å². The van der Waals surface area contributed by atoms with Gasteiger partial charge in [0.25, 0.3) is 0 Å². The number of aliphatic hydroxyl groups is 3. The Hall–Kier alpha value is -3.75. The second-order valence-electron chi connectivity index (χ2n) is 16.9. The number of ether oxygens (including phenoxy) is 5. The van der Waals surface area contributed by atoms with Crippen molar-refractivity contribution in [3.8, 4) is 0 Å². The summed E-state index contributed by atoms with van der Waals surface area (Å²) in [6.45, 7) is 13.7. The number of cyclic esters (lactones) is 1. The predicted octanol–water partition coefficient (Wildman–Crippen LogP) is 3.92. The van der Waals surface area contributed by atoms with E-state index in [1.54, 1.807) is 40.2 Å². The Balaban J connectivity index is 1.69. The number of fused-ring (bicyclic) bond motifs is 5. The Labute approximate surface area is 315 Å². The summed E-state index contributed by atoms with van der Waals surface area (Å²) in [5.74, 6) is -6.53. The van der Waals surface area contributed by atoms with E-state index in [1.807, 2.05) is 19.9 Å². The van der Waals surface area contributed by atoms with Gasteiger partial charge in [0.05, 0.1) is 24.5 Å². The fourth-order valence-corrected chi connectivity index (χ4v) is 9.94. The van der Waals surface area contributed by atoms with Crippen LogP contribution >= 0.6 is 0 Å². The zero-order chi connectivity index (χ0) is 40.1. The molecule has 0 aromatic carbocycles. The molecule has 2 heterocycles. The third-order valence-corrected chi connectivity index (χ3v) is 13.1. The molecule has 2 saturated carbocycles. The molecule has 3 aliphatic carbocycles. The van der Waals surface area contributed by atoms with E-state index in [2.05, 4.69) is 6.08 Å². The van der Waals surface area contributed by atoms with Crippen molar-refractivity contribution < 1.29 is 67.4 Å². The van der Waals surface area contributed by atoms with Crippen molar-refractivity contribution in [2.24, 2.45) is 34.5 Å². The number of carbonyl (C=O) groups excluding carboxylic acids is 5. The lowest BCUT2D eigenvalue weighted by Gasteiger charge is -2.63. The summed E-state index contributed by atoms with van der Waals surface area (Å²) < 4.78 is 35.7. The SMILES string of the molecule is CCC(C)(O)C(O)C(=O)OC[C@@]1(C)OC(=O)C[C@H](OC(C)=O)[C@@]2(C)[C@H]1C[C@@H](OC(=O)C(O)C(C)C)[C@H]1C3=CC[C@@H](c4ccoc4)[C@]3(C)[C@@H](OC(C)=O)C[C@@H]12. The normalized spacial score (nSPS) is 36.8. The zero-order valence-corrected chi connectivity index (χ0v) is 32.7. The van der Waals surface area contributed by atoms with Crippen molar-refractivity contribution in [1.82, 2.24) is 0 Å². The quantitative estimate of drug-likeness (QED) is 0.166. The van der Waals surface area contributed by atoms with Crippen molar-refractivity contribution in [2.45, 2.75) is 142 Å². The fraction of sp³-hybridized carbons (Fsp3) is 0.725. The first-order chi connectivity index (χ1) is 25.1. The van der Waals surface area contributed by atoms with Gasteiger partial charge in [-0.15, -0.1) is 0 Å². The van der Waals surface area contributed by atoms with Gasteiger partial charge in [0, 0.05) is 42.4 Å². The summed E-state index contributed by atoms with van der Waals surface area (Å²) in [4.78, 5) is 66.1.